The standard InChI is InChI=1S/C25H29F2N3O4/c1-34-21-10-8-17(12-20(21)26)19(13-23(32)33)25(27)14-30(15-25)22(31)6-2-5-18-9-7-16-4-3-11-28-24(16)29-18/h7-10,12,19H,2-6,11,13-15H2,1H3,(H,28,29)(H,32,33). The van der Waals surface area contributed by atoms with Gasteiger partial charge in [0.2, 0.25) is 5.91 Å². The quantitative estimate of drug-likeness (QED) is 0.577. The van der Waals surface area contributed by atoms with Crippen molar-refractivity contribution in [3.63, 3.8) is 0 Å². The number of carbonyl (C=O) groups is 2. The number of carboxylic acids is 1. The number of aromatic nitrogens is 1. The van der Waals surface area contributed by atoms with Crippen molar-refractivity contribution < 1.29 is 28.2 Å². The van der Waals surface area contributed by atoms with E-state index >= 15 is 4.39 Å². The van der Waals surface area contributed by atoms with Crippen LogP contribution in [0.2, 0.25) is 0 Å². The van der Waals surface area contributed by atoms with Crippen molar-refractivity contribution in [1.29, 1.82) is 0 Å². The van der Waals surface area contributed by atoms with Crippen molar-refractivity contribution in [2.75, 3.05) is 32.1 Å². The number of ether oxygens (including phenoxy) is 1. The molecule has 1 saturated heterocycles. The van der Waals surface area contributed by atoms with Gasteiger partial charge in [0.15, 0.2) is 17.2 Å². The molecule has 2 aromatic rings. The largest absolute Gasteiger partial charge is 0.494 e. The number of methoxy groups -OCH3 is 1. The number of rotatable bonds is 9. The predicted molar refractivity (Wildman–Crippen MR) is 122 cm³/mol. The Morgan fingerprint density at radius 3 is 2.79 bits per heavy atom. The summed E-state index contributed by atoms with van der Waals surface area (Å²) in [5, 5.41) is 12.6. The normalized spacial score (nSPS) is 17.2. The number of hydrogen-bond acceptors (Lipinski definition) is 5. The number of pyridine rings is 1. The van der Waals surface area contributed by atoms with E-state index in [9.17, 15) is 19.1 Å². The van der Waals surface area contributed by atoms with E-state index in [4.69, 9.17) is 4.74 Å². The maximum Gasteiger partial charge on any atom is 0.304 e. The predicted octanol–water partition coefficient (Wildman–Crippen LogP) is 3.72. The molecule has 0 spiro atoms. The van der Waals surface area contributed by atoms with Crippen molar-refractivity contribution in [2.45, 2.75) is 50.1 Å². The second-order valence-corrected chi connectivity index (χ2v) is 9.02. The summed E-state index contributed by atoms with van der Waals surface area (Å²) in [5.41, 5.74) is 0.425. The molecule has 1 atom stereocenters. The first kappa shape index (κ1) is 23.9. The van der Waals surface area contributed by atoms with Crippen LogP contribution in [0.4, 0.5) is 14.6 Å². The van der Waals surface area contributed by atoms with E-state index < -0.39 is 29.8 Å². The Balaban J connectivity index is 1.33. The van der Waals surface area contributed by atoms with Crippen molar-refractivity contribution in [2.24, 2.45) is 0 Å². The average Bonchev–Trinajstić information content (AvgIpc) is 2.80. The Bertz CT molecular complexity index is 1070. The van der Waals surface area contributed by atoms with E-state index in [0.29, 0.717) is 12.8 Å². The first-order valence-corrected chi connectivity index (χ1v) is 11.5. The van der Waals surface area contributed by atoms with Gasteiger partial charge in [-0.15, -0.1) is 0 Å². The highest BCUT2D eigenvalue weighted by Gasteiger charge is 2.52. The van der Waals surface area contributed by atoms with Gasteiger partial charge in [0.05, 0.1) is 26.6 Å². The summed E-state index contributed by atoms with van der Waals surface area (Å²) in [6, 6.07) is 8.00. The van der Waals surface area contributed by atoms with E-state index in [1.165, 1.54) is 29.7 Å². The van der Waals surface area contributed by atoms with Crippen LogP contribution in [0.3, 0.4) is 0 Å². The van der Waals surface area contributed by atoms with E-state index in [1.807, 2.05) is 6.07 Å². The maximum absolute atomic E-state index is 15.7. The van der Waals surface area contributed by atoms with Gasteiger partial charge in [0, 0.05) is 24.6 Å². The fraction of sp³-hybridized carbons (Fsp3) is 0.480. The summed E-state index contributed by atoms with van der Waals surface area (Å²) in [7, 11) is 1.32. The van der Waals surface area contributed by atoms with Crippen LogP contribution < -0.4 is 10.1 Å². The van der Waals surface area contributed by atoms with Gasteiger partial charge in [-0.2, -0.15) is 0 Å². The molecule has 1 unspecified atom stereocenters. The molecular formula is C25H29F2N3O4. The number of benzene rings is 1. The third-order valence-electron chi connectivity index (χ3n) is 6.62. The van der Waals surface area contributed by atoms with Crippen molar-refractivity contribution in [3.05, 3.63) is 53.0 Å². The number of aryl methyl sites for hydroxylation is 2. The van der Waals surface area contributed by atoms with Crippen LogP contribution in [-0.2, 0) is 22.4 Å². The van der Waals surface area contributed by atoms with Crippen LogP contribution in [0.1, 0.15) is 48.4 Å². The summed E-state index contributed by atoms with van der Waals surface area (Å²) in [6.07, 6.45) is 3.09. The van der Waals surface area contributed by atoms with Gasteiger partial charge in [-0.05, 0) is 55.0 Å². The van der Waals surface area contributed by atoms with Crippen LogP contribution in [0, 0.1) is 5.82 Å². The monoisotopic (exact) mass is 473 g/mol. The molecule has 182 valence electrons. The highest BCUT2D eigenvalue weighted by atomic mass is 19.1. The molecule has 3 heterocycles. The first-order chi connectivity index (χ1) is 16.3. The molecule has 1 aromatic carbocycles. The molecule has 0 aliphatic carbocycles. The molecule has 1 aromatic heterocycles. The SMILES string of the molecule is COc1ccc(C(CC(=O)O)C2(F)CN(C(=O)CCCc3ccc4c(n3)NCCC4)C2)cc1F. The molecule has 1 amide bonds. The Morgan fingerprint density at radius 1 is 1.29 bits per heavy atom. The Labute approximate surface area is 197 Å². The minimum atomic E-state index is -1.93. The molecule has 2 N–H and O–H groups in total. The summed E-state index contributed by atoms with van der Waals surface area (Å²) in [4.78, 5) is 30.0. The maximum atomic E-state index is 15.7. The zero-order valence-electron chi connectivity index (χ0n) is 19.2. The van der Waals surface area contributed by atoms with Gasteiger partial charge >= 0.3 is 5.97 Å². The zero-order valence-corrected chi connectivity index (χ0v) is 19.2. The number of hydrogen-bond donors (Lipinski definition) is 2. The van der Waals surface area contributed by atoms with Gasteiger partial charge in [0.1, 0.15) is 5.82 Å². The Kier molecular flexibility index (Phi) is 7.00. The van der Waals surface area contributed by atoms with Gasteiger partial charge in [-0.3, -0.25) is 9.59 Å². The summed E-state index contributed by atoms with van der Waals surface area (Å²) >= 11 is 0. The second-order valence-electron chi connectivity index (χ2n) is 9.02. The lowest BCUT2D eigenvalue weighted by atomic mass is 9.76. The fourth-order valence-corrected chi connectivity index (χ4v) is 4.75. The minimum Gasteiger partial charge on any atom is -0.494 e. The van der Waals surface area contributed by atoms with Crippen LogP contribution in [0.15, 0.2) is 30.3 Å². The number of aliphatic carboxylic acids is 1. The van der Waals surface area contributed by atoms with Crippen molar-refractivity contribution >= 4 is 17.7 Å². The number of carbonyl (C=O) groups excluding carboxylic acids is 1. The smallest absolute Gasteiger partial charge is 0.304 e. The van der Waals surface area contributed by atoms with Gasteiger partial charge in [-0.25, -0.2) is 13.8 Å². The molecule has 7 nitrogen and oxygen atoms in total. The Morgan fingerprint density at radius 2 is 2.09 bits per heavy atom. The summed E-state index contributed by atoms with van der Waals surface area (Å²) in [5.74, 6) is -2.20. The molecule has 0 radical (unpaired) electrons. The average molecular weight is 474 g/mol. The lowest BCUT2D eigenvalue weighted by Crippen LogP contribution is -2.63. The first-order valence-electron chi connectivity index (χ1n) is 11.5. The number of alkyl halides is 1. The zero-order chi connectivity index (χ0) is 24.3. The number of halogens is 2. The molecule has 2 aliphatic heterocycles. The third kappa shape index (κ3) is 5.13. The lowest BCUT2D eigenvalue weighted by molar-refractivity contribution is -0.150. The number of fused-ring (bicyclic) bond motifs is 1. The number of carboxylic acid groups (broad SMARTS) is 1. The summed E-state index contributed by atoms with van der Waals surface area (Å²) in [6.45, 7) is 0.491. The van der Waals surface area contributed by atoms with Crippen LogP contribution in [-0.4, -0.2) is 59.3 Å². The highest BCUT2D eigenvalue weighted by Crippen LogP contribution is 2.42. The molecule has 2 aliphatic rings. The molecule has 9 heteroatoms. The molecule has 34 heavy (non-hydrogen) atoms. The van der Waals surface area contributed by atoms with E-state index in [2.05, 4.69) is 16.4 Å². The van der Waals surface area contributed by atoms with Crippen LogP contribution in [0.5, 0.6) is 5.75 Å². The van der Waals surface area contributed by atoms with Gasteiger partial charge in [-0.1, -0.05) is 12.1 Å². The van der Waals surface area contributed by atoms with E-state index in [-0.39, 0.29) is 36.7 Å². The lowest BCUT2D eigenvalue weighted by Gasteiger charge is -2.48. The number of nitrogens with one attached hydrogen (secondary N) is 1. The molecule has 0 bridgehead atoms. The van der Waals surface area contributed by atoms with Crippen molar-refractivity contribution in [1.82, 2.24) is 9.88 Å². The third-order valence-corrected chi connectivity index (χ3v) is 6.62. The van der Waals surface area contributed by atoms with E-state index in [1.54, 1.807) is 0 Å². The van der Waals surface area contributed by atoms with Crippen molar-refractivity contribution in [3.8, 4) is 5.75 Å². The highest BCUT2D eigenvalue weighted by molar-refractivity contribution is 5.78. The number of amides is 1. The molecular weight excluding hydrogens is 444 g/mol. The molecule has 1 fully saturated rings. The van der Waals surface area contributed by atoms with Gasteiger partial charge < -0.3 is 20.1 Å². The fourth-order valence-electron chi connectivity index (χ4n) is 4.75. The Hall–Kier alpha value is -3.23. The number of likely N-dealkylation sites (tertiary alicyclic amines) is 1. The van der Waals surface area contributed by atoms with Crippen LogP contribution in [0.25, 0.3) is 0 Å². The molecule has 0 saturated carbocycles. The number of nitrogens with zero attached hydrogens (tertiary/aromatic N) is 2. The minimum absolute atomic E-state index is 0.000319. The van der Waals surface area contributed by atoms with Crippen LogP contribution >= 0.6 is 0 Å². The number of anilines is 1. The molecule has 4 rings (SSSR count). The second kappa shape index (κ2) is 9.95. The van der Waals surface area contributed by atoms with E-state index in [0.717, 1.165) is 37.0 Å². The summed E-state index contributed by atoms with van der Waals surface area (Å²) < 4.78 is 34.7. The van der Waals surface area contributed by atoms with Gasteiger partial charge in [0.25, 0.3) is 0 Å². The topological polar surface area (TPSA) is 91.8 Å².